The fourth-order valence-corrected chi connectivity index (χ4v) is 2.77. The summed E-state index contributed by atoms with van der Waals surface area (Å²) in [4.78, 5) is 7.79. The molecule has 10 heteroatoms. The normalized spacial score (nSPS) is 30.2. The van der Waals surface area contributed by atoms with Gasteiger partial charge >= 0.3 is 0 Å². The van der Waals surface area contributed by atoms with Crippen LogP contribution in [-0.4, -0.2) is 59.1 Å². The van der Waals surface area contributed by atoms with Crippen molar-refractivity contribution >= 4 is 28.7 Å². The highest BCUT2D eigenvalue weighted by Crippen LogP contribution is 2.36. The molecular weight excluding hydrogens is 288 g/mol. The number of aliphatic hydroxyl groups is 3. The van der Waals surface area contributed by atoms with Gasteiger partial charge in [-0.15, -0.1) is 5.10 Å². The first kappa shape index (κ1) is 13.4. The van der Waals surface area contributed by atoms with Gasteiger partial charge in [0.1, 0.15) is 6.10 Å². The molecule has 1 aliphatic rings. The van der Waals surface area contributed by atoms with Crippen LogP contribution in [0.4, 0.5) is 5.95 Å². The van der Waals surface area contributed by atoms with E-state index >= 15 is 0 Å². The van der Waals surface area contributed by atoms with E-state index in [9.17, 15) is 15.3 Å². The second kappa shape index (κ2) is 4.77. The monoisotopic (exact) mass is 300 g/mol. The summed E-state index contributed by atoms with van der Waals surface area (Å²) in [5.74, 6) is -0.457. The Hall–Kier alpha value is -1.55. The number of aromatic nitrogens is 5. The van der Waals surface area contributed by atoms with E-state index < -0.39 is 24.2 Å². The van der Waals surface area contributed by atoms with Crippen molar-refractivity contribution in [2.75, 3.05) is 12.3 Å². The quantitative estimate of drug-likeness (QED) is 0.503. The third-order valence-electron chi connectivity index (χ3n) is 3.62. The highest BCUT2D eigenvalue weighted by Gasteiger charge is 2.43. The lowest BCUT2D eigenvalue weighted by Crippen LogP contribution is -2.30. The molecule has 3 rings (SSSR count). The maximum atomic E-state index is 10.1. The molecule has 5 N–H and O–H groups in total. The number of aliphatic hydroxyl groups excluding tert-OH is 3. The van der Waals surface area contributed by atoms with Crippen LogP contribution in [-0.2, 0) is 0 Å². The molecular formula is C10H13ClN6O3. The Labute approximate surface area is 118 Å². The molecule has 4 atom stereocenters. The Balaban J connectivity index is 2.07. The van der Waals surface area contributed by atoms with Gasteiger partial charge in [-0.1, -0.05) is 16.8 Å². The smallest absolute Gasteiger partial charge is 0.223 e. The zero-order chi connectivity index (χ0) is 14.4. The summed E-state index contributed by atoms with van der Waals surface area (Å²) in [6, 6.07) is -0.558. The fourth-order valence-electron chi connectivity index (χ4n) is 2.56. The lowest BCUT2D eigenvalue weighted by atomic mass is 10.1. The number of rotatable bonds is 2. The van der Waals surface area contributed by atoms with Gasteiger partial charge in [0.2, 0.25) is 5.95 Å². The SMILES string of the molecule is Nc1nc(Cl)c2nnn([C@@H]3C[C@H](CO)[C@H](O)[C@H]3O)c2n1. The van der Waals surface area contributed by atoms with Gasteiger partial charge in [0.05, 0.1) is 12.1 Å². The molecule has 0 saturated heterocycles. The Morgan fingerprint density at radius 3 is 2.70 bits per heavy atom. The minimum atomic E-state index is -1.08. The summed E-state index contributed by atoms with van der Waals surface area (Å²) in [6.45, 7) is -0.223. The van der Waals surface area contributed by atoms with Crippen molar-refractivity contribution in [1.29, 1.82) is 0 Å². The lowest BCUT2D eigenvalue weighted by molar-refractivity contribution is -0.00511. The van der Waals surface area contributed by atoms with Crippen LogP contribution in [0.5, 0.6) is 0 Å². The van der Waals surface area contributed by atoms with Gasteiger partial charge in [-0.3, -0.25) is 0 Å². The Morgan fingerprint density at radius 2 is 2.05 bits per heavy atom. The Kier molecular flexibility index (Phi) is 3.21. The van der Waals surface area contributed by atoms with Crippen molar-refractivity contribution in [1.82, 2.24) is 25.0 Å². The van der Waals surface area contributed by atoms with E-state index in [1.165, 1.54) is 4.68 Å². The Bertz CT molecular complexity index is 649. The summed E-state index contributed by atoms with van der Waals surface area (Å²) >= 11 is 5.90. The van der Waals surface area contributed by atoms with Crippen LogP contribution in [0.2, 0.25) is 5.15 Å². The number of halogens is 1. The minimum Gasteiger partial charge on any atom is -0.396 e. The molecule has 0 radical (unpaired) electrons. The summed E-state index contributed by atoms with van der Waals surface area (Å²) in [6.07, 6.45) is -1.76. The average Bonchev–Trinajstić information content (AvgIpc) is 2.93. The number of fused-ring (bicyclic) bond motifs is 1. The Morgan fingerprint density at radius 1 is 1.30 bits per heavy atom. The summed E-state index contributed by atoms with van der Waals surface area (Å²) in [5.41, 5.74) is 6.10. The van der Waals surface area contributed by atoms with Crippen molar-refractivity contribution in [3.05, 3.63) is 5.15 Å². The first-order valence-electron chi connectivity index (χ1n) is 6.03. The van der Waals surface area contributed by atoms with E-state index in [2.05, 4.69) is 20.3 Å². The highest BCUT2D eigenvalue weighted by molar-refractivity contribution is 6.33. The van der Waals surface area contributed by atoms with Gasteiger partial charge in [0.25, 0.3) is 0 Å². The third kappa shape index (κ3) is 1.90. The van der Waals surface area contributed by atoms with Crippen LogP contribution in [0, 0.1) is 5.92 Å². The molecule has 1 fully saturated rings. The van der Waals surface area contributed by atoms with Crippen LogP contribution >= 0.6 is 11.6 Å². The second-order valence-corrected chi connectivity index (χ2v) is 5.16. The standard InChI is InChI=1S/C10H13ClN6O3/c11-8-5-9(14-10(12)13-8)17(16-15-5)4-1-3(2-18)6(19)7(4)20/h3-4,6-7,18-20H,1-2H2,(H2,12,13,14)/t3-,4-,6+,7+/m1/s1. The molecule has 2 aromatic rings. The van der Waals surface area contributed by atoms with E-state index in [1.807, 2.05) is 0 Å². The molecule has 2 heterocycles. The largest absolute Gasteiger partial charge is 0.396 e. The molecule has 0 bridgehead atoms. The first-order valence-corrected chi connectivity index (χ1v) is 6.41. The second-order valence-electron chi connectivity index (χ2n) is 4.81. The third-order valence-corrected chi connectivity index (χ3v) is 3.88. The molecule has 0 spiro atoms. The van der Waals surface area contributed by atoms with Crippen molar-refractivity contribution < 1.29 is 15.3 Å². The summed E-state index contributed by atoms with van der Waals surface area (Å²) in [5, 5.41) is 37.0. The molecule has 0 aromatic carbocycles. The molecule has 2 aromatic heterocycles. The van der Waals surface area contributed by atoms with Crippen LogP contribution in [0.15, 0.2) is 0 Å². The fraction of sp³-hybridized carbons (Fsp3) is 0.600. The first-order chi connectivity index (χ1) is 9.52. The van der Waals surface area contributed by atoms with Crippen LogP contribution in [0.25, 0.3) is 11.2 Å². The van der Waals surface area contributed by atoms with Crippen LogP contribution < -0.4 is 5.73 Å². The van der Waals surface area contributed by atoms with E-state index in [1.54, 1.807) is 0 Å². The van der Waals surface area contributed by atoms with Crippen molar-refractivity contribution in [2.45, 2.75) is 24.7 Å². The molecule has 0 aliphatic heterocycles. The zero-order valence-corrected chi connectivity index (χ0v) is 11.0. The summed E-state index contributed by atoms with van der Waals surface area (Å²) in [7, 11) is 0. The van der Waals surface area contributed by atoms with Gasteiger partial charge in [0.15, 0.2) is 16.3 Å². The van der Waals surface area contributed by atoms with Gasteiger partial charge in [0, 0.05) is 12.5 Å². The number of nitrogen functional groups attached to an aromatic ring is 1. The zero-order valence-electron chi connectivity index (χ0n) is 10.3. The minimum absolute atomic E-state index is 0.0298. The maximum absolute atomic E-state index is 10.1. The summed E-state index contributed by atoms with van der Waals surface area (Å²) < 4.78 is 1.36. The highest BCUT2D eigenvalue weighted by atomic mass is 35.5. The number of hydrogen-bond acceptors (Lipinski definition) is 8. The van der Waals surface area contributed by atoms with Crippen molar-refractivity contribution in [3.8, 4) is 0 Å². The van der Waals surface area contributed by atoms with Gasteiger partial charge in [-0.25, -0.2) is 4.68 Å². The number of nitrogens with two attached hydrogens (primary N) is 1. The van der Waals surface area contributed by atoms with Gasteiger partial charge in [-0.05, 0) is 6.42 Å². The number of nitrogens with zero attached hydrogens (tertiary/aromatic N) is 5. The molecule has 20 heavy (non-hydrogen) atoms. The van der Waals surface area contributed by atoms with E-state index in [-0.39, 0.29) is 28.9 Å². The lowest BCUT2D eigenvalue weighted by Gasteiger charge is -2.16. The predicted molar refractivity (Wildman–Crippen MR) is 68.8 cm³/mol. The number of hydrogen-bond donors (Lipinski definition) is 4. The molecule has 0 amide bonds. The van der Waals surface area contributed by atoms with Crippen LogP contribution in [0.3, 0.4) is 0 Å². The van der Waals surface area contributed by atoms with E-state index in [0.717, 1.165) is 0 Å². The van der Waals surface area contributed by atoms with Crippen LogP contribution in [0.1, 0.15) is 12.5 Å². The molecule has 108 valence electrons. The maximum Gasteiger partial charge on any atom is 0.223 e. The molecule has 9 nitrogen and oxygen atoms in total. The molecule has 1 aliphatic carbocycles. The average molecular weight is 301 g/mol. The van der Waals surface area contributed by atoms with E-state index in [4.69, 9.17) is 17.3 Å². The number of anilines is 1. The molecule has 1 saturated carbocycles. The van der Waals surface area contributed by atoms with E-state index in [0.29, 0.717) is 6.42 Å². The van der Waals surface area contributed by atoms with Gasteiger partial charge < -0.3 is 21.1 Å². The van der Waals surface area contributed by atoms with Crippen molar-refractivity contribution in [3.63, 3.8) is 0 Å². The van der Waals surface area contributed by atoms with Gasteiger partial charge in [-0.2, -0.15) is 9.97 Å². The predicted octanol–water partition coefficient (Wildman–Crippen LogP) is -1.27. The van der Waals surface area contributed by atoms with Crippen molar-refractivity contribution in [2.24, 2.45) is 5.92 Å². The topological polar surface area (TPSA) is 143 Å². The molecule has 0 unspecified atom stereocenters.